The molecule has 0 unspecified atom stereocenters. The highest BCUT2D eigenvalue weighted by Crippen LogP contribution is 2.11. The summed E-state index contributed by atoms with van der Waals surface area (Å²) >= 11 is 0. The van der Waals surface area contributed by atoms with Crippen molar-refractivity contribution >= 4 is 11.6 Å². The van der Waals surface area contributed by atoms with Gasteiger partial charge in [0.1, 0.15) is 0 Å². The van der Waals surface area contributed by atoms with Gasteiger partial charge in [-0.2, -0.15) is 0 Å². The molecule has 0 radical (unpaired) electrons. The molecule has 0 aliphatic carbocycles. The minimum absolute atomic E-state index is 0.0925. The van der Waals surface area contributed by atoms with E-state index < -0.39 is 0 Å². The summed E-state index contributed by atoms with van der Waals surface area (Å²) in [5, 5.41) is 5.90. The number of amides is 1. The van der Waals surface area contributed by atoms with Crippen LogP contribution in [0.1, 0.15) is 23.2 Å². The average molecular weight is 273 g/mol. The number of carbonyl (C=O) groups excluding carboxylic acids is 1. The van der Waals surface area contributed by atoms with Crippen LogP contribution in [-0.2, 0) is 6.54 Å². The molecule has 0 aromatic carbocycles. The van der Waals surface area contributed by atoms with Gasteiger partial charge in [-0.3, -0.25) is 9.78 Å². The first-order valence-electron chi connectivity index (χ1n) is 6.67. The van der Waals surface area contributed by atoms with Crippen LogP contribution < -0.4 is 10.6 Å². The second-order valence-corrected chi connectivity index (χ2v) is 4.43. The lowest BCUT2D eigenvalue weighted by Crippen LogP contribution is -2.25. The Morgan fingerprint density at radius 2 is 2.20 bits per heavy atom. The lowest BCUT2D eigenvalue weighted by Gasteiger charge is -2.09. The highest BCUT2D eigenvalue weighted by Gasteiger charge is 2.09. The van der Waals surface area contributed by atoms with Gasteiger partial charge in [-0.1, -0.05) is 0 Å². The first-order valence-corrected chi connectivity index (χ1v) is 6.67. The molecule has 2 heterocycles. The van der Waals surface area contributed by atoms with Crippen LogP contribution in [0.2, 0.25) is 0 Å². The number of carbonyl (C=O) groups is 1. The topological polar surface area (TPSA) is 71.8 Å². The molecule has 0 aliphatic heterocycles. The molecule has 2 aromatic rings. The maximum atomic E-state index is 12.0. The lowest BCUT2D eigenvalue weighted by molar-refractivity contribution is 0.0953. The number of unbranched alkanes of at least 4 members (excludes halogenated alkanes) is 1. The Morgan fingerprint density at radius 1 is 1.30 bits per heavy atom. The Kier molecular flexibility index (Phi) is 5.11. The number of anilines is 1. The summed E-state index contributed by atoms with van der Waals surface area (Å²) in [5.41, 5.74) is 1.36. The third-order valence-electron chi connectivity index (χ3n) is 3.02. The predicted molar refractivity (Wildman–Crippen MR) is 77.6 cm³/mol. The number of imidazole rings is 1. The molecule has 2 N–H and O–H groups in total. The molecule has 6 heteroatoms. The normalized spacial score (nSPS) is 10.2. The van der Waals surface area contributed by atoms with Gasteiger partial charge in [-0.05, 0) is 18.9 Å². The molecule has 0 aliphatic rings. The number of aromatic nitrogens is 3. The molecule has 1 amide bonds. The predicted octanol–water partition coefficient (Wildman–Crippen LogP) is 1.53. The third-order valence-corrected chi connectivity index (χ3v) is 3.02. The summed E-state index contributed by atoms with van der Waals surface area (Å²) in [7, 11) is 1.79. The van der Waals surface area contributed by atoms with E-state index in [9.17, 15) is 4.79 Å². The number of nitrogens with one attached hydrogen (secondary N) is 2. The minimum Gasteiger partial charge on any atom is -0.387 e. The van der Waals surface area contributed by atoms with E-state index >= 15 is 0 Å². The summed E-state index contributed by atoms with van der Waals surface area (Å²) in [6, 6.07) is 1.79. The van der Waals surface area contributed by atoms with Crippen LogP contribution in [0.5, 0.6) is 0 Å². The smallest absolute Gasteiger partial charge is 0.254 e. The number of hydrogen-bond donors (Lipinski definition) is 2. The quantitative estimate of drug-likeness (QED) is 0.750. The third kappa shape index (κ3) is 3.81. The van der Waals surface area contributed by atoms with Crippen LogP contribution >= 0.6 is 0 Å². The van der Waals surface area contributed by atoms with E-state index in [4.69, 9.17) is 0 Å². The fraction of sp³-hybridized carbons (Fsp3) is 0.357. The number of hydrogen-bond acceptors (Lipinski definition) is 4. The fourth-order valence-corrected chi connectivity index (χ4v) is 1.93. The van der Waals surface area contributed by atoms with Gasteiger partial charge in [0, 0.05) is 50.6 Å². The Labute approximate surface area is 118 Å². The van der Waals surface area contributed by atoms with Crippen LogP contribution in [0.3, 0.4) is 0 Å². The molecule has 20 heavy (non-hydrogen) atoms. The Hall–Kier alpha value is -2.37. The van der Waals surface area contributed by atoms with Crippen molar-refractivity contribution < 1.29 is 4.79 Å². The first kappa shape index (κ1) is 14.0. The van der Waals surface area contributed by atoms with Crippen molar-refractivity contribution in [2.75, 3.05) is 18.9 Å². The summed E-state index contributed by atoms with van der Waals surface area (Å²) in [6.45, 7) is 1.58. The van der Waals surface area contributed by atoms with E-state index in [1.54, 1.807) is 38.0 Å². The van der Waals surface area contributed by atoms with Crippen molar-refractivity contribution in [3.05, 3.63) is 42.7 Å². The van der Waals surface area contributed by atoms with Crippen molar-refractivity contribution in [2.45, 2.75) is 19.4 Å². The zero-order chi connectivity index (χ0) is 14.2. The zero-order valence-corrected chi connectivity index (χ0v) is 11.5. The average Bonchev–Trinajstić information content (AvgIpc) is 3.00. The second kappa shape index (κ2) is 7.28. The van der Waals surface area contributed by atoms with E-state index in [2.05, 4.69) is 20.6 Å². The van der Waals surface area contributed by atoms with Gasteiger partial charge >= 0.3 is 0 Å². The highest BCUT2D eigenvalue weighted by atomic mass is 16.1. The van der Waals surface area contributed by atoms with Crippen LogP contribution in [0.4, 0.5) is 5.69 Å². The van der Waals surface area contributed by atoms with Crippen LogP contribution in [0.15, 0.2) is 37.2 Å². The molecule has 0 saturated carbocycles. The number of rotatable bonds is 7. The second-order valence-electron chi connectivity index (χ2n) is 4.43. The standard InChI is InChI=1S/C14H19N5O/c1-15-13-4-6-16-10-12(13)14(20)18-5-2-3-8-19-9-7-17-11-19/h4,6-7,9-11H,2-3,5,8H2,1H3,(H,15,16)(H,18,20). The number of pyridine rings is 1. The molecular weight excluding hydrogens is 254 g/mol. The van der Waals surface area contributed by atoms with E-state index in [0.717, 1.165) is 25.1 Å². The first-order chi connectivity index (χ1) is 9.81. The lowest BCUT2D eigenvalue weighted by atomic mass is 10.2. The summed E-state index contributed by atoms with van der Waals surface area (Å²) in [4.78, 5) is 20.0. The van der Waals surface area contributed by atoms with Gasteiger partial charge in [0.2, 0.25) is 0 Å². The van der Waals surface area contributed by atoms with Gasteiger partial charge in [0.25, 0.3) is 5.91 Å². The fourth-order valence-electron chi connectivity index (χ4n) is 1.93. The van der Waals surface area contributed by atoms with E-state index in [1.165, 1.54) is 0 Å². The summed E-state index contributed by atoms with van der Waals surface area (Å²) < 4.78 is 2.03. The van der Waals surface area contributed by atoms with Gasteiger partial charge in [-0.15, -0.1) is 0 Å². The molecule has 0 atom stereocenters. The number of nitrogens with zero attached hydrogens (tertiary/aromatic N) is 3. The van der Waals surface area contributed by atoms with E-state index in [0.29, 0.717) is 12.1 Å². The molecular formula is C14H19N5O. The molecule has 6 nitrogen and oxygen atoms in total. The van der Waals surface area contributed by atoms with Gasteiger partial charge in [0.05, 0.1) is 11.9 Å². The van der Waals surface area contributed by atoms with Crippen LogP contribution in [0, 0.1) is 0 Å². The van der Waals surface area contributed by atoms with Crippen molar-refractivity contribution in [3.8, 4) is 0 Å². The molecule has 0 bridgehead atoms. The van der Waals surface area contributed by atoms with Crippen molar-refractivity contribution in [3.63, 3.8) is 0 Å². The Bertz CT molecular complexity index is 538. The number of aryl methyl sites for hydroxylation is 1. The molecule has 106 valence electrons. The Balaban J connectivity index is 1.72. The maximum absolute atomic E-state index is 12.0. The molecule has 2 aromatic heterocycles. The van der Waals surface area contributed by atoms with Crippen LogP contribution in [-0.4, -0.2) is 34.0 Å². The van der Waals surface area contributed by atoms with E-state index in [-0.39, 0.29) is 5.91 Å². The summed E-state index contributed by atoms with van der Waals surface area (Å²) in [5.74, 6) is -0.0925. The SMILES string of the molecule is CNc1ccncc1C(=O)NCCCCn1ccnc1. The van der Waals surface area contributed by atoms with Crippen molar-refractivity contribution in [2.24, 2.45) is 0 Å². The monoisotopic (exact) mass is 273 g/mol. The zero-order valence-electron chi connectivity index (χ0n) is 11.5. The van der Waals surface area contributed by atoms with Gasteiger partial charge in [0.15, 0.2) is 0 Å². The molecule has 0 fully saturated rings. The molecule has 2 rings (SSSR count). The molecule has 0 spiro atoms. The van der Waals surface area contributed by atoms with E-state index in [1.807, 2.05) is 10.8 Å². The van der Waals surface area contributed by atoms with Crippen molar-refractivity contribution in [1.29, 1.82) is 0 Å². The maximum Gasteiger partial charge on any atom is 0.254 e. The highest BCUT2D eigenvalue weighted by molar-refractivity contribution is 5.99. The summed E-state index contributed by atoms with van der Waals surface area (Å²) in [6.07, 6.45) is 10.7. The van der Waals surface area contributed by atoms with Crippen molar-refractivity contribution in [1.82, 2.24) is 19.9 Å². The Morgan fingerprint density at radius 3 is 2.95 bits per heavy atom. The van der Waals surface area contributed by atoms with Crippen LogP contribution in [0.25, 0.3) is 0 Å². The van der Waals surface area contributed by atoms with Gasteiger partial charge < -0.3 is 15.2 Å². The molecule has 0 saturated heterocycles. The van der Waals surface area contributed by atoms with Gasteiger partial charge in [-0.25, -0.2) is 4.98 Å². The minimum atomic E-state index is -0.0925. The largest absolute Gasteiger partial charge is 0.387 e.